The molecule has 2 amide bonds. The summed E-state index contributed by atoms with van der Waals surface area (Å²) in [5.41, 5.74) is 1.95. The summed E-state index contributed by atoms with van der Waals surface area (Å²) in [4.78, 5) is 14.2. The zero-order chi connectivity index (χ0) is 13.8. The van der Waals surface area contributed by atoms with E-state index in [1.807, 2.05) is 24.0 Å². The number of benzene rings is 1. The second-order valence-electron chi connectivity index (χ2n) is 4.93. The molecule has 0 spiro atoms. The highest BCUT2D eigenvalue weighted by Gasteiger charge is 2.17. The molecule has 1 N–H and O–H groups in total. The number of nitrogens with one attached hydrogen (secondary N) is 1. The van der Waals surface area contributed by atoms with Crippen LogP contribution in [0.4, 0.5) is 10.5 Å². The van der Waals surface area contributed by atoms with Crippen LogP contribution >= 0.6 is 31.9 Å². The van der Waals surface area contributed by atoms with Gasteiger partial charge in [0.05, 0.1) is 5.69 Å². The second-order valence-corrected chi connectivity index (χ2v) is 6.64. The number of nitrogens with zero attached hydrogens (tertiary/aromatic N) is 1. The van der Waals surface area contributed by atoms with Crippen LogP contribution in [0.5, 0.6) is 0 Å². The van der Waals surface area contributed by atoms with Crippen LogP contribution in [-0.2, 0) is 0 Å². The van der Waals surface area contributed by atoms with E-state index in [0.29, 0.717) is 0 Å². The van der Waals surface area contributed by atoms with Gasteiger partial charge in [-0.15, -0.1) is 0 Å². The molecule has 1 aromatic carbocycles. The lowest BCUT2D eigenvalue weighted by Crippen LogP contribution is -2.35. The third-order valence-electron chi connectivity index (χ3n) is 3.31. The van der Waals surface area contributed by atoms with Crippen molar-refractivity contribution < 1.29 is 4.79 Å². The number of carbonyl (C=O) groups is 1. The van der Waals surface area contributed by atoms with Gasteiger partial charge in [0.15, 0.2) is 0 Å². The van der Waals surface area contributed by atoms with E-state index in [1.54, 1.807) is 0 Å². The molecular formula is C14H18Br2N2O. The zero-order valence-corrected chi connectivity index (χ0v) is 14.2. The van der Waals surface area contributed by atoms with E-state index in [1.165, 1.54) is 12.8 Å². The van der Waals surface area contributed by atoms with Crippen LogP contribution in [0.15, 0.2) is 21.1 Å². The zero-order valence-electron chi connectivity index (χ0n) is 11.0. The second kappa shape index (κ2) is 6.75. The van der Waals surface area contributed by atoms with Gasteiger partial charge in [-0.25, -0.2) is 4.79 Å². The Labute approximate surface area is 131 Å². The molecule has 0 bridgehead atoms. The highest BCUT2D eigenvalue weighted by Crippen LogP contribution is 2.32. The first-order chi connectivity index (χ1) is 9.08. The number of hydrogen-bond donors (Lipinski definition) is 1. The molecule has 1 saturated heterocycles. The number of likely N-dealkylation sites (tertiary alicyclic amines) is 1. The largest absolute Gasteiger partial charge is 0.325 e. The molecule has 1 heterocycles. The molecule has 0 aliphatic carbocycles. The Kier molecular flexibility index (Phi) is 5.28. The first-order valence-corrected chi connectivity index (χ1v) is 8.18. The van der Waals surface area contributed by atoms with E-state index < -0.39 is 0 Å². The smallest absolute Gasteiger partial charge is 0.321 e. The van der Waals surface area contributed by atoms with Crippen molar-refractivity contribution in [3.05, 3.63) is 26.6 Å². The summed E-state index contributed by atoms with van der Waals surface area (Å²) in [6.45, 7) is 3.73. The predicted molar refractivity (Wildman–Crippen MR) is 85.6 cm³/mol. The minimum atomic E-state index is -0.00727. The van der Waals surface area contributed by atoms with E-state index in [9.17, 15) is 4.79 Å². The highest BCUT2D eigenvalue weighted by atomic mass is 79.9. The van der Waals surface area contributed by atoms with Crippen molar-refractivity contribution in [3.8, 4) is 0 Å². The Morgan fingerprint density at radius 2 is 1.63 bits per heavy atom. The summed E-state index contributed by atoms with van der Waals surface area (Å²) in [5, 5.41) is 3.00. The van der Waals surface area contributed by atoms with Gasteiger partial charge in [-0.2, -0.15) is 0 Å². The Hall–Kier alpha value is -0.550. The van der Waals surface area contributed by atoms with Crippen LogP contribution in [-0.4, -0.2) is 24.0 Å². The SMILES string of the molecule is Cc1cc(Br)c(NC(=O)N2CCCCCC2)c(Br)c1. The van der Waals surface area contributed by atoms with Gasteiger partial charge in [0.25, 0.3) is 0 Å². The number of anilines is 1. The Bertz CT molecular complexity index is 446. The van der Waals surface area contributed by atoms with Gasteiger partial charge >= 0.3 is 6.03 Å². The summed E-state index contributed by atoms with van der Waals surface area (Å²) < 4.78 is 1.81. The Morgan fingerprint density at radius 3 is 2.16 bits per heavy atom. The fourth-order valence-corrected chi connectivity index (χ4v) is 3.89. The predicted octanol–water partition coefficient (Wildman–Crippen LogP) is 4.93. The van der Waals surface area contributed by atoms with Gasteiger partial charge in [-0.05, 0) is 69.3 Å². The van der Waals surface area contributed by atoms with Crippen molar-refractivity contribution in [1.82, 2.24) is 4.90 Å². The van der Waals surface area contributed by atoms with Crippen molar-refractivity contribution in [2.75, 3.05) is 18.4 Å². The monoisotopic (exact) mass is 388 g/mol. The average Bonchev–Trinajstić information content (AvgIpc) is 2.62. The van der Waals surface area contributed by atoms with Gasteiger partial charge in [-0.1, -0.05) is 12.8 Å². The molecule has 0 atom stereocenters. The average molecular weight is 390 g/mol. The highest BCUT2D eigenvalue weighted by molar-refractivity contribution is 9.11. The molecule has 1 aromatic rings. The van der Waals surface area contributed by atoms with Crippen LogP contribution in [0.3, 0.4) is 0 Å². The summed E-state index contributed by atoms with van der Waals surface area (Å²) in [6, 6.07) is 4.00. The number of aryl methyl sites for hydroxylation is 1. The molecule has 0 saturated carbocycles. The minimum absolute atomic E-state index is 0.00727. The summed E-state index contributed by atoms with van der Waals surface area (Å²) in [5.74, 6) is 0. The Morgan fingerprint density at radius 1 is 1.11 bits per heavy atom. The lowest BCUT2D eigenvalue weighted by atomic mass is 10.2. The molecule has 0 radical (unpaired) electrons. The van der Waals surface area contributed by atoms with Gasteiger partial charge < -0.3 is 10.2 Å². The number of carbonyl (C=O) groups excluding carboxylic acids is 1. The quantitative estimate of drug-likeness (QED) is 0.725. The number of halogens is 2. The normalized spacial score (nSPS) is 16.1. The number of amides is 2. The standard InChI is InChI=1S/C14H18Br2N2O/c1-10-8-11(15)13(12(16)9-10)17-14(19)18-6-4-2-3-5-7-18/h8-9H,2-7H2,1H3,(H,17,19). The minimum Gasteiger partial charge on any atom is -0.325 e. The van der Waals surface area contributed by atoms with Crippen LogP contribution < -0.4 is 5.32 Å². The van der Waals surface area contributed by atoms with E-state index in [-0.39, 0.29) is 6.03 Å². The molecule has 1 aliphatic heterocycles. The summed E-state index contributed by atoms with van der Waals surface area (Å²) >= 11 is 7.01. The van der Waals surface area contributed by atoms with E-state index in [0.717, 1.165) is 46.1 Å². The third kappa shape index (κ3) is 3.96. The molecule has 1 fully saturated rings. The fourth-order valence-electron chi connectivity index (χ4n) is 2.28. The maximum atomic E-state index is 12.3. The molecule has 1 aliphatic rings. The van der Waals surface area contributed by atoms with Crippen molar-refractivity contribution in [2.45, 2.75) is 32.6 Å². The van der Waals surface area contributed by atoms with E-state index >= 15 is 0 Å². The lowest BCUT2D eigenvalue weighted by Gasteiger charge is -2.21. The van der Waals surface area contributed by atoms with E-state index in [2.05, 4.69) is 37.2 Å². The van der Waals surface area contributed by atoms with Crippen LogP contribution in [0.1, 0.15) is 31.2 Å². The van der Waals surface area contributed by atoms with Gasteiger partial charge in [0.2, 0.25) is 0 Å². The number of hydrogen-bond acceptors (Lipinski definition) is 1. The molecule has 2 rings (SSSR count). The molecule has 3 nitrogen and oxygen atoms in total. The molecule has 0 aromatic heterocycles. The van der Waals surface area contributed by atoms with Gasteiger partial charge in [-0.3, -0.25) is 0 Å². The van der Waals surface area contributed by atoms with Crippen LogP contribution in [0, 0.1) is 6.92 Å². The molecule has 0 unspecified atom stereocenters. The lowest BCUT2D eigenvalue weighted by molar-refractivity contribution is 0.213. The van der Waals surface area contributed by atoms with Gasteiger partial charge in [0.1, 0.15) is 0 Å². The van der Waals surface area contributed by atoms with Crippen LogP contribution in [0.25, 0.3) is 0 Å². The maximum absolute atomic E-state index is 12.3. The topological polar surface area (TPSA) is 32.3 Å². The van der Waals surface area contributed by atoms with Gasteiger partial charge in [0, 0.05) is 22.0 Å². The van der Waals surface area contributed by atoms with Crippen LogP contribution in [0.2, 0.25) is 0 Å². The summed E-state index contributed by atoms with van der Waals surface area (Å²) in [7, 11) is 0. The molecule has 19 heavy (non-hydrogen) atoms. The number of rotatable bonds is 1. The first-order valence-electron chi connectivity index (χ1n) is 6.59. The maximum Gasteiger partial charge on any atom is 0.321 e. The molecule has 5 heteroatoms. The molecular weight excluding hydrogens is 372 g/mol. The Balaban J connectivity index is 2.10. The van der Waals surface area contributed by atoms with Crippen molar-refractivity contribution in [1.29, 1.82) is 0 Å². The third-order valence-corrected chi connectivity index (χ3v) is 4.56. The van der Waals surface area contributed by atoms with Crippen molar-refractivity contribution in [2.24, 2.45) is 0 Å². The van der Waals surface area contributed by atoms with Crippen molar-refractivity contribution in [3.63, 3.8) is 0 Å². The summed E-state index contributed by atoms with van der Waals surface area (Å²) in [6.07, 6.45) is 4.65. The van der Waals surface area contributed by atoms with Crippen molar-refractivity contribution >= 4 is 43.6 Å². The first kappa shape index (κ1) is 14.9. The fraction of sp³-hybridized carbons (Fsp3) is 0.500. The number of urea groups is 1. The van der Waals surface area contributed by atoms with E-state index in [4.69, 9.17) is 0 Å². The molecule has 104 valence electrons.